The lowest BCUT2D eigenvalue weighted by molar-refractivity contribution is 0.412. The molecule has 1 rings (SSSR count). The van der Waals surface area contributed by atoms with Gasteiger partial charge in [0.05, 0.1) is 22.5 Å². The molecular formula is C13H21BrN2O3S. The molecule has 0 saturated heterocycles. The number of rotatable bonds is 7. The highest BCUT2D eigenvalue weighted by Gasteiger charge is 2.21. The first kappa shape index (κ1) is 17.3. The number of benzene rings is 1. The molecule has 0 bridgehead atoms. The van der Waals surface area contributed by atoms with Gasteiger partial charge in [-0.25, -0.2) is 8.42 Å². The van der Waals surface area contributed by atoms with Crippen LogP contribution < -0.4 is 14.8 Å². The first-order valence-corrected chi connectivity index (χ1v) is 8.68. The zero-order chi connectivity index (χ0) is 15.3. The van der Waals surface area contributed by atoms with E-state index in [1.807, 2.05) is 13.8 Å². The summed E-state index contributed by atoms with van der Waals surface area (Å²) in [5.74, 6) is 0.582. The van der Waals surface area contributed by atoms with Crippen molar-refractivity contribution in [2.75, 3.05) is 18.4 Å². The van der Waals surface area contributed by atoms with Crippen molar-refractivity contribution >= 4 is 31.6 Å². The van der Waals surface area contributed by atoms with Crippen LogP contribution in [0, 0.1) is 0 Å². The number of anilines is 1. The fourth-order valence-electron chi connectivity index (χ4n) is 1.50. The predicted octanol–water partition coefficient (Wildman–Crippen LogP) is 2.59. The zero-order valence-electron chi connectivity index (χ0n) is 12.1. The van der Waals surface area contributed by atoms with Gasteiger partial charge in [0.2, 0.25) is 10.0 Å². The summed E-state index contributed by atoms with van der Waals surface area (Å²) >= 11 is 3.33. The Morgan fingerprint density at radius 3 is 2.50 bits per heavy atom. The maximum Gasteiger partial charge on any atom is 0.236 e. The summed E-state index contributed by atoms with van der Waals surface area (Å²) < 4.78 is 32.9. The largest absolute Gasteiger partial charge is 0.495 e. The molecule has 1 aromatic carbocycles. The Bertz CT molecular complexity index is 547. The molecule has 114 valence electrons. The lowest BCUT2D eigenvalue weighted by atomic mass is 10.3. The molecule has 0 aliphatic carbocycles. The molecule has 1 atom stereocenters. The molecule has 1 unspecified atom stereocenters. The van der Waals surface area contributed by atoms with Crippen molar-refractivity contribution in [3.05, 3.63) is 22.7 Å². The van der Waals surface area contributed by atoms with E-state index in [0.717, 1.165) is 4.47 Å². The van der Waals surface area contributed by atoms with Crippen LogP contribution in [0.4, 0.5) is 5.69 Å². The van der Waals surface area contributed by atoms with E-state index in [1.165, 1.54) is 7.11 Å². The molecule has 2 N–H and O–H groups in total. The summed E-state index contributed by atoms with van der Waals surface area (Å²) in [5.41, 5.74) is 0.487. The van der Waals surface area contributed by atoms with Crippen LogP contribution in [0.5, 0.6) is 5.75 Å². The second-order valence-electron chi connectivity index (χ2n) is 4.87. The molecule has 0 aromatic heterocycles. The minimum absolute atomic E-state index is 0.250. The minimum Gasteiger partial charge on any atom is -0.495 e. The van der Waals surface area contributed by atoms with Crippen LogP contribution in [0.25, 0.3) is 0 Å². The summed E-state index contributed by atoms with van der Waals surface area (Å²) in [7, 11) is -1.89. The number of sulfonamides is 1. The number of methoxy groups -OCH3 is 1. The van der Waals surface area contributed by atoms with Crippen molar-refractivity contribution in [1.82, 2.24) is 5.32 Å². The Morgan fingerprint density at radius 1 is 1.30 bits per heavy atom. The van der Waals surface area contributed by atoms with Gasteiger partial charge in [-0.05, 0) is 35.0 Å². The van der Waals surface area contributed by atoms with E-state index in [1.54, 1.807) is 25.1 Å². The smallest absolute Gasteiger partial charge is 0.236 e. The summed E-state index contributed by atoms with van der Waals surface area (Å²) in [5, 5.41) is 2.59. The normalized spacial score (nSPS) is 13.3. The van der Waals surface area contributed by atoms with Crippen LogP contribution in [0.15, 0.2) is 22.7 Å². The standard InChI is InChI=1S/C13H21BrN2O3S/c1-9(2)15-8-10(3)20(17,18)16-11-5-6-12(14)13(7-11)19-4/h5-7,9-10,15-16H,8H2,1-4H3. The van der Waals surface area contributed by atoms with Crippen molar-refractivity contribution in [1.29, 1.82) is 0 Å². The summed E-state index contributed by atoms with van der Waals surface area (Å²) in [6.45, 7) is 6.03. The fraction of sp³-hybridized carbons (Fsp3) is 0.538. The zero-order valence-corrected chi connectivity index (χ0v) is 14.5. The van der Waals surface area contributed by atoms with Gasteiger partial charge in [0.1, 0.15) is 5.75 Å². The third-order valence-electron chi connectivity index (χ3n) is 2.75. The fourth-order valence-corrected chi connectivity index (χ4v) is 2.88. The van der Waals surface area contributed by atoms with Crippen LogP contribution in [0.1, 0.15) is 20.8 Å². The van der Waals surface area contributed by atoms with Gasteiger partial charge in [0, 0.05) is 18.7 Å². The molecule has 0 fully saturated rings. The topological polar surface area (TPSA) is 67.4 Å². The first-order chi connectivity index (χ1) is 9.26. The Kier molecular flexibility index (Phi) is 6.29. The lowest BCUT2D eigenvalue weighted by Crippen LogP contribution is -2.37. The highest BCUT2D eigenvalue weighted by molar-refractivity contribution is 9.10. The first-order valence-electron chi connectivity index (χ1n) is 6.35. The Morgan fingerprint density at radius 2 is 1.95 bits per heavy atom. The third kappa shape index (κ3) is 4.96. The van der Waals surface area contributed by atoms with Gasteiger partial charge >= 0.3 is 0 Å². The highest BCUT2D eigenvalue weighted by atomic mass is 79.9. The molecule has 1 aromatic rings. The third-order valence-corrected chi connectivity index (χ3v) is 5.16. The molecule has 5 nitrogen and oxygen atoms in total. The van der Waals surface area contributed by atoms with E-state index >= 15 is 0 Å². The van der Waals surface area contributed by atoms with E-state index in [2.05, 4.69) is 26.0 Å². The van der Waals surface area contributed by atoms with Gasteiger partial charge in [0.25, 0.3) is 0 Å². The van der Waals surface area contributed by atoms with Crippen LogP contribution in [0.3, 0.4) is 0 Å². The second-order valence-corrected chi connectivity index (χ2v) is 7.82. The molecule has 20 heavy (non-hydrogen) atoms. The lowest BCUT2D eigenvalue weighted by Gasteiger charge is -2.17. The number of hydrogen-bond donors (Lipinski definition) is 2. The summed E-state index contributed by atoms with van der Waals surface area (Å²) in [4.78, 5) is 0. The van der Waals surface area contributed by atoms with Gasteiger partial charge in [-0.2, -0.15) is 0 Å². The highest BCUT2D eigenvalue weighted by Crippen LogP contribution is 2.28. The number of hydrogen-bond acceptors (Lipinski definition) is 4. The Balaban J connectivity index is 2.80. The molecule has 0 aliphatic heterocycles. The van der Waals surface area contributed by atoms with Crippen LogP contribution in [-0.2, 0) is 10.0 Å². The van der Waals surface area contributed by atoms with E-state index in [-0.39, 0.29) is 6.04 Å². The average molecular weight is 365 g/mol. The van der Waals surface area contributed by atoms with Crippen LogP contribution >= 0.6 is 15.9 Å². The van der Waals surface area contributed by atoms with E-state index in [0.29, 0.717) is 18.0 Å². The molecule has 0 saturated carbocycles. The van der Waals surface area contributed by atoms with E-state index < -0.39 is 15.3 Å². The Hall–Kier alpha value is -0.790. The van der Waals surface area contributed by atoms with Gasteiger partial charge in [-0.3, -0.25) is 4.72 Å². The minimum atomic E-state index is -3.43. The van der Waals surface area contributed by atoms with Crippen LogP contribution in [0.2, 0.25) is 0 Å². The summed E-state index contributed by atoms with van der Waals surface area (Å²) in [6, 6.07) is 5.32. The molecule has 0 amide bonds. The summed E-state index contributed by atoms with van der Waals surface area (Å²) in [6.07, 6.45) is 0. The monoisotopic (exact) mass is 364 g/mol. The quantitative estimate of drug-likeness (QED) is 0.780. The molecule has 0 spiro atoms. The second kappa shape index (κ2) is 7.28. The maximum absolute atomic E-state index is 12.2. The van der Waals surface area contributed by atoms with E-state index in [4.69, 9.17) is 4.74 Å². The van der Waals surface area contributed by atoms with Gasteiger partial charge in [0.15, 0.2) is 0 Å². The Labute approximate surface area is 129 Å². The predicted molar refractivity (Wildman–Crippen MR) is 85.8 cm³/mol. The number of nitrogens with one attached hydrogen (secondary N) is 2. The van der Waals surface area contributed by atoms with Gasteiger partial charge < -0.3 is 10.1 Å². The molecule has 7 heteroatoms. The molecule has 0 heterocycles. The molecule has 0 radical (unpaired) electrons. The number of ether oxygens (including phenoxy) is 1. The molecule has 0 aliphatic rings. The van der Waals surface area contributed by atoms with Crippen molar-refractivity contribution in [3.8, 4) is 5.75 Å². The number of halogens is 1. The van der Waals surface area contributed by atoms with Crippen molar-refractivity contribution in [2.45, 2.75) is 32.1 Å². The SMILES string of the molecule is COc1cc(NS(=O)(=O)C(C)CNC(C)C)ccc1Br. The maximum atomic E-state index is 12.2. The average Bonchev–Trinajstić information content (AvgIpc) is 2.37. The van der Waals surface area contributed by atoms with Gasteiger partial charge in [-0.1, -0.05) is 13.8 Å². The van der Waals surface area contributed by atoms with Crippen LogP contribution in [-0.4, -0.2) is 33.4 Å². The van der Waals surface area contributed by atoms with Crippen molar-refractivity contribution in [2.24, 2.45) is 0 Å². The van der Waals surface area contributed by atoms with Gasteiger partial charge in [-0.15, -0.1) is 0 Å². The van der Waals surface area contributed by atoms with Crippen molar-refractivity contribution in [3.63, 3.8) is 0 Å². The molecular weight excluding hydrogens is 344 g/mol. The van der Waals surface area contributed by atoms with E-state index in [9.17, 15) is 8.42 Å². The van der Waals surface area contributed by atoms with Crippen molar-refractivity contribution < 1.29 is 13.2 Å².